The van der Waals surface area contributed by atoms with Crippen LogP contribution in [0.5, 0.6) is 5.75 Å². The van der Waals surface area contributed by atoms with Gasteiger partial charge in [0.15, 0.2) is 5.84 Å². The average molecular weight is 319 g/mol. The molecule has 0 amide bonds. The van der Waals surface area contributed by atoms with Crippen LogP contribution in [0.4, 0.5) is 0 Å². The van der Waals surface area contributed by atoms with Gasteiger partial charge >= 0.3 is 5.97 Å². The van der Waals surface area contributed by atoms with Gasteiger partial charge < -0.3 is 15.3 Å². The van der Waals surface area contributed by atoms with E-state index in [-0.39, 0.29) is 11.4 Å². The van der Waals surface area contributed by atoms with Crippen molar-refractivity contribution in [2.45, 2.75) is 6.92 Å². The molecule has 0 aliphatic rings. The van der Waals surface area contributed by atoms with Crippen molar-refractivity contribution in [1.29, 1.82) is 0 Å². The maximum absolute atomic E-state index is 12.1. The van der Waals surface area contributed by atoms with E-state index < -0.39 is 5.97 Å². The molecule has 0 aliphatic carbocycles. The van der Waals surface area contributed by atoms with E-state index in [1.807, 2.05) is 25.1 Å². The lowest BCUT2D eigenvalue weighted by Gasteiger charge is -2.07. The molecule has 0 atom stereocenters. The quantitative estimate of drug-likeness (QED) is 0.407. The lowest BCUT2D eigenvalue weighted by molar-refractivity contribution is 0.0512. The van der Waals surface area contributed by atoms with Crippen molar-refractivity contribution in [3.8, 4) is 5.75 Å². The number of hydrogen-bond acceptors (Lipinski definition) is 4. The van der Waals surface area contributed by atoms with Crippen molar-refractivity contribution in [1.82, 2.24) is 0 Å². The third kappa shape index (κ3) is 3.56. The molecule has 0 radical (unpaired) electrons. The van der Waals surface area contributed by atoms with Gasteiger partial charge in [0.1, 0.15) is 11.3 Å². The Hall–Kier alpha value is -2.53. The van der Waals surface area contributed by atoms with Crippen molar-refractivity contribution in [3.63, 3.8) is 0 Å². The molecule has 0 fully saturated rings. The topological polar surface area (TPSA) is 73.9 Å². The molecule has 0 aromatic heterocycles. The van der Waals surface area contributed by atoms with Gasteiger partial charge in [-0.25, -0.2) is 4.79 Å². The summed E-state index contributed by atoms with van der Waals surface area (Å²) in [7, 11) is 1.45. The van der Waals surface area contributed by atoms with E-state index in [4.69, 9.17) is 26.9 Å². The Morgan fingerprint density at radius 1 is 1.18 bits per heavy atom. The van der Waals surface area contributed by atoms with Crippen LogP contribution in [0.3, 0.4) is 0 Å². The van der Waals surface area contributed by atoms with Crippen molar-refractivity contribution >= 4 is 23.4 Å². The number of nitrogens with zero attached hydrogens (tertiary/aromatic N) is 1. The number of carbonyl (C=O) groups excluding carboxylic acids is 1. The van der Waals surface area contributed by atoms with E-state index in [1.165, 1.54) is 13.2 Å². The summed E-state index contributed by atoms with van der Waals surface area (Å²) >= 11 is 5.87. The Kier molecular flexibility index (Phi) is 5.01. The van der Waals surface area contributed by atoms with E-state index in [2.05, 4.69) is 5.16 Å². The van der Waals surface area contributed by atoms with Gasteiger partial charge in [0.25, 0.3) is 0 Å². The summed E-state index contributed by atoms with van der Waals surface area (Å²) in [6.07, 6.45) is 0. The van der Waals surface area contributed by atoms with Gasteiger partial charge in [-0.3, -0.25) is 0 Å². The summed E-state index contributed by atoms with van der Waals surface area (Å²) < 4.78 is 5.09. The van der Waals surface area contributed by atoms with Gasteiger partial charge in [0.05, 0.1) is 7.11 Å². The monoisotopic (exact) mass is 318 g/mol. The third-order valence-electron chi connectivity index (χ3n) is 3.03. The largest absolute Gasteiger partial charge is 0.496 e. The Morgan fingerprint density at radius 3 is 2.59 bits per heavy atom. The number of benzene rings is 2. The van der Waals surface area contributed by atoms with Crippen LogP contribution >= 0.6 is 11.6 Å². The van der Waals surface area contributed by atoms with Gasteiger partial charge in [-0.2, -0.15) is 0 Å². The zero-order valence-electron chi connectivity index (χ0n) is 12.2. The zero-order chi connectivity index (χ0) is 16.1. The SMILES string of the molecule is COc1ccc(Cl)cc1C(=O)ON=C(N)c1ccccc1C. The van der Waals surface area contributed by atoms with Gasteiger partial charge in [-0.1, -0.05) is 41.0 Å². The number of methoxy groups -OCH3 is 1. The predicted molar refractivity (Wildman–Crippen MR) is 85.3 cm³/mol. The van der Waals surface area contributed by atoms with E-state index in [0.29, 0.717) is 16.3 Å². The highest BCUT2D eigenvalue weighted by molar-refractivity contribution is 6.31. The first kappa shape index (κ1) is 15.9. The molecule has 2 aromatic carbocycles. The summed E-state index contributed by atoms with van der Waals surface area (Å²) in [6.45, 7) is 1.89. The Labute approximate surface area is 133 Å². The van der Waals surface area contributed by atoms with E-state index in [1.54, 1.807) is 18.2 Å². The molecule has 0 unspecified atom stereocenters. The number of ether oxygens (including phenoxy) is 1. The lowest BCUT2D eigenvalue weighted by Crippen LogP contribution is -2.16. The van der Waals surface area contributed by atoms with Crippen molar-refractivity contribution in [2.75, 3.05) is 7.11 Å². The molecule has 0 heterocycles. The fourth-order valence-electron chi connectivity index (χ4n) is 1.89. The van der Waals surface area contributed by atoms with E-state index in [9.17, 15) is 4.79 Å². The summed E-state index contributed by atoms with van der Waals surface area (Å²) in [5.74, 6) is -0.234. The third-order valence-corrected chi connectivity index (χ3v) is 3.26. The molecule has 114 valence electrons. The summed E-state index contributed by atoms with van der Waals surface area (Å²) in [4.78, 5) is 17.0. The van der Waals surface area contributed by atoms with Crippen LogP contribution in [0.1, 0.15) is 21.5 Å². The maximum atomic E-state index is 12.1. The number of halogens is 1. The maximum Gasteiger partial charge on any atom is 0.369 e. The molecule has 0 saturated heterocycles. The second-order valence-corrected chi connectivity index (χ2v) is 4.95. The van der Waals surface area contributed by atoms with Crippen LogP contribution in [0.25, 0.3) is 0 Å². The Morgan fingerprint density at radius 2 is 1.91 bits per heavy atom. The minimum Gasteiger partial charge on any atom is -0.496 e. The fourth-order valence-corrected chi connectivity index (χ4v) is 2.06. The van der Waals surface area contributed by atoms with Crippen molar-refractivity contribution in [3.05, 3.63) is 64.2 Å². The fraction of sp³-hybridized carbons (Fsp3) is 0.125. The number of oxime groups is 1. The summed E-state index contributed by atoms with van der Waals surface area (Å²) in [5, 5.41) is 4.08. The first-order valence-electron chi connectivity index (χ1n) is 6.47. The highest BCUT2D eigenvalue weighted by atomic mass is 35.5. The number of aryl methyl sites for hydroxylation is 1. The van der Waals surface area contributed by atoms with Crippen LogP contribution in [0, 0.1) is 6.92 Å². The van der Waals surface area contributed by atoms with Gasteiger partial charge in [0, 0.05) is 10.6 Å². The number of amidine groups is 1. The molecular weight excluding hydrogens is 304 g/mol. The second kappa shape index (κ2) is 6.95. The van der Waals surface area contributed by atoms with E-state index in [0.717, 1.165) is 5.56 Å². The van der Waals surface area contributed by atoms with Gasteiger partial charge in [-0.05, 0) is 30.7 Å². The molecule has 2 rings (SSSR count). The van der Waals surface area contributed by atoms with Crippen LogP contribution in [-0.4, -0.2) is 18.9 Å². The number of hydrogen-bond donors (Lipinski definition) is 1. The van der Waals surface area contributed by atoms with Crippen molar-refractivity contribution < 1.29 is 14.4 Å². The second-order valence-electron chi connectivity index (χ2n) is 4.51. The zero-order valence-corrected chi connectivity index (χ0v) is 12.9. The molecule has 2 aromatic rings. The van der Waals surface area contributed by atoms with Crippen LogP contribution in [0.15, 0.2) is 47.6 Å². The lowest BCUT2D eigenvalue weighted by atomic mass is 10.1. The van der Waals surface area contributed by atoms with Crippen LogP contribution in [-0.2, 0) is 4.84 Å². The normalized spacial score (nSPS) is 11.1. The average Bonchev–Trinajstić information content (AvgIpc) is 2.52. The van der Waals surface area contributed by atoms with E-state index >= 15 is 0 Å². The smallest absolute Gasteiger partial charge is 0.369 e. The Balaban J connectivity index is 2.21. The highest BCUT2D eigenvalue weighted by Gasteiger charge is 2.15. The molecule has 0 aliphatic heterocycles. The molecule has 0 spiro atoms. The highest BCUT2D eigenvalue weighted by Crippen LogP contribution is 2.23. The molecular formula is C16H15ClN2O3. The van der Waals surface area contributed by atoms with Crippen LogP contribution in [0.2, 0.25) is 5.02 Å². The van der Waals surface area contributed by atoms with Crippen LogP contribution < -0.4 is 10.5 Å². The summed E-state index contributed by atoms with van der Waals surface area (Å²) in [6, 6.07) is 12.0. The minimum absolute atomic E-state index is 0.118. The molecule has 22 heavy (non-hydrogen) atoms. The number of rotatable bonds is 4. The standard InChI is InChI=1S/C16H15ClN2O3/c1-10-5-3-4-6-12(10)15(18)19-22-16(20)13-9-11(17)7-8-14(13)21-2/h3-9H,1-2H3,(H2,18,19). The molecule has 6 heteroatoms. The van der Waals surface area contributed by atoms with Gasteiger partial charge in [0.2, 0.25) is 0 Å². The first-order valence-corrected chi connectivity index (χ1v) is 6.85. The molecule has 2 N–H and O–H groups in total. The molecule has 5 nitrogen and oxygen atoms in total. The van der Waals surface area contributed by atoms with Crippen molar-refractivity contribution in [2.24, 2.45) is 10.9 Å². The summed E-state index contributed by atoms with van der Waals surface area (Å²) in [5.41, 5.74) is 7.65. The first-order chi connectivity index (χ1) is 10.5. The number of carbonyl (C=O) groups is 1. The minimum atomic E-state index is -0.698. The predicted octanol–water partition coefficient (Wildman–Crippen LogP) is 3.13. The Bertz CT molecular complexity index is 729. The van der Waals surface area contributed by atoms with Gasteiger partial charge in [-0.15, -0.1) is 0 Å². The number of nitrogens with two attached hydrogens (primary N) is 1. The molecule has 0 saturated carbocycles. The molecule has 0 bridgehead atoms.